The Kier molecular flexibility index (Phi) is 6.17. The van der Waals surface area contributed by atoms with E-state index in [4.69, 9.17) is 11.6 Å². The third kappa shape index (κ3) is 4.40. The summed E-state index contributed by atoms with van der Waals surface area (Å²) in [4.78, 5) is 24.3. The van der Waals surface area contributed by atoms with E-state index in [1.807, 2.05) is 32.0 Å². The first-order valence-electron chi connectivity index (χ1n) is 10.4. The van der Waals surface area contributed by atoms with Crippen LogP contribution in [-0.2, 0) is 4.79 Å². The van der Waals surface area contributed by atoms with Gasteiger partial charge in [-0.1, -0.05) is 29.8 Å². The van der Waals surface area contributed by atoms with Crippen molar-refractivity contribution in [2.24, 2.45) is 15.3 Å². The van der Waals surface area contributed by atoms with Gasteiger partial charge in [-0.2, -0.15) is 20.3 Å². The van der Waals surface area contributed by atoms with E-state index >= 15 is 0 Å². The van der Waals surface area contributed by atoms with Crippen LogP contribution in [-0.4, -0.2) is 33.8 Å². The molecule has 0 saturated carbocycles. The van der Waals surface area contributed by atoms with Gasteiger partial charge in [0.05, 0.1) is 17.0 Å². The number of carboxylic acids is 1. The molecule has 3 aromatic rings. The van der Waals surface area contributed by atoms with Gasteiger partial charge in [0, 0.05) is 10.6 Å². The minimum Gasteiger partial charge on any atom is -0.505 e. The molecule has 0 bridgehead atoms. The van der Waals surface area contributed by atoms with Gasteiger partial charge in [-0.25, -0.2) is 4.79 Å². The normalized spacial score (nSPS) is 15.8. The van der Waals surface area contributed by atoms with Gasteiger partial charge >= 0.3 is 5.97 Å². The number of hydrogen-bond acceptors (Lipinski definition) is 6. The third-order valence-corrected chi connectivity index (χ3v) is 5.81. The average molecular weight is 477 g/mol. The van der Waals surface area contributed by atoms with E-state index in [-0.39, 0.29) is 27.9 Å². The lowest BCUT2D eigenvalue weighted by molar-refractivity contribution is -0.117. The Morgan fingerprint density at radius 3 is 2.53 bits per heavy atom. The number of nitrogens with zero attached hydrogens (tertiary/aromatic N) is 4. The van der Waals surface area contributed by atoms with Crippen LogP contribution in [0.1, 0.15) is 28.4 Å². The molecule has 172 valence electrons. The molecule has 1 aliphatic rings. The van der Waals surface area contributed by atoms with Crippen molar-refractivity contribution in [3.8, 4) is 16.9 Å². The first-order valence-corrected chi connectivity index (χ1v) is 10.8. The summed E-state index contributed by atoms with van der Waals surface area (Å²) in [6, 6.07) is 13.7. The van der Waals surface area contributed by atoms with Crippen molar-refractivity contribution in [2.75, 3.05) is 5.01 Å². The van der Waals surface area contributed by atoms with Crippen LogP contribution in [0.15, 0.2) is 69.9 Å². The van der Waals surface area contributed by atoms with Crippen LogP contribution in [0, 0.1) is 13.8 Å². The molecule has 4 rings (SSSR count). The summed E-state index contributed by atoms with van der Waals surface area (Å²) < 4.78 is 0. The lowest BCUT2D eigenvalue weighted by atomic mass is 10.0. The van der Waals surface area contributed by atoms with Crippen molar-refractivity contribution in [1.29, 1.82) is 0 Å². The number of benzene rings is 3. The van der Waals surface area contributed by atoms with Crippen LogP contribution in [0.5, 0.6) is 5.75 Å². The predicted octanol–water partition coefficient (Wildman–Crippen LogP) is 5.90. The molecule has 1 unspecified atom stereocenters. The Morgan fingerprint density at radius 1 is 1.06 bits per heavy atom. The monoisotopic (exact) mass is 476 g/mol. The zero-order chi connectivity index (χ0) is 24.6. The van der Waals surface area contributed by atoms with Crippen molar-refractivity contribution >= 4 is 40.6 Å². The standard InChI is InChI=1S/C25H21ClN4O4/c1-13-7-8-19(9-14(13)2)30-24(32)22(15(3)29-30)28-27-21-12-18(26)11-20(23(21)31)16-5-4-6-17(10-16)25(33)34/h4-12,22,31H,1-3H3,(H,33,34). The Labute approximate surface area is 200 Å². The number of aromatic hydroxyl groups is 1. The lowest BCUT2D eigenvalue weighted by Gasteiger charge is -2.14. The largest absolute Gasteiger partial charge is 0.505 e. The number of amides is 1. The molecule has 1 aliphatic heterocycles. The highest BCUT2D eigenvalue weighted by atomic mass is 35.5. The molecule has 3 aromatic carbocycles. The van der Waals surface area contributed by atoms with E-state index in [0.717, 1.165) is 11.1 Å². The molecule has 9 heteroatoms. The molecule has 0 radical (unpaired) electrons. The van der Waals surface area contributed by atoms with E-state index in [9.17, 15) is 19.8 Å². The van der Waals surface area contributed by atoms with E-state index in [0.29, 0.717) is 22.5 Å². The van der Waals surface area contributed by atoms with E-state index in [1.54, 1.807) is 19.1 Å². The predicted molar refractivity (Wildman–Crippen MR) is 130 cm³/mol. The Balaban J connectivity index is 1.65. The second kappa shape index (κ2) is 9.07. The fraction of sp³-hybridized carbons (Fsp3) is 0.160. The van der Waals surface area contributed by atoms with Gasteiger partial charge in [-0.3, -0.25) is 4.79 Å². The maximum atomic E-state index is 13.0. The number of rotatable bonds is 5. The smallest absolute Gasteiger partial charge is 0.335 e. The zero-order valence-corrected chi connectivity index (χ0v) is 19.4. The van der Waals surface area contributed by atoms with Gasteiger partial charge in [0.25, 0.3) is 5.91 Å². The van der Waals surface area contributed by atoms with Crippen LogP contribution in [0.3, 0.4) is 0 Å². The first-order chi connectivity index (χ1) is 16.2. The molecule has 8 nitrogen and oxygen atoms in total. The molecule has 0 fully saturated rings. The molecule has 1 atom stereocenters. The summed E-state index contributed by atoms with van der Waals surface area (Å²) >= 11 is 6.23. The number of azo groups is 1. The van der Waals surface area contributed by atoms with Crippen LogP contribution < -0.4 is 5.01 Å². The van der Waals surface area contributed by atoms with E-state index in [1.165, 1.54) is 29.3 Å². The number of carbonyl (C=O) groups excluding carboxylic acids is 1. The molecule has 1 amide bonds. The van der Waals surface area contributed by atoms with Gasteiger partial charge in [-0.05, 0) is 73.9 Å². The number of aryl methyl sites for hydroxylation is 2. The molecule has 0 saturated heterocycles. The van der Waals surface area contributed by atoms with Crippen molar-refractivity contribution in [3.05, 3.63) is 76.3 Å². The molecule has 0 aromatic heterocycles. The van der Waals surface area contributed by atoms with Crippen LogP contribution in [0.4, 0.5) is 11.4 Å². The maximum absolute atomic E-state index is 13.0. The van der Waals surface area contributed by atoms with Gasteiger partial charge in [0.15, 0.2) is 11.8 Å². The quantitative estimate of drug-likeness (QED) is 0.446. The van der Waals surface area contributed by atoms with Gasteiger partial charge in [0.1, 0.15) is 5.69 Å². The van der Waals surface area contributed by atoms with E-state index < -0.39 is 12.0 Å². The summed E-state index contributed by atoms with van der Waals surface area (Å²) in [7, 11) is 0. The van der Waals surface area contributed by atoms with Gasteiger partial charge < -0.3 is 10.2 Å². The van der Waals surface area contributed by atoms with Crippen molar-refractivity contribution < 1.29 is 19.8 Å². The highest BCUT2D eigenvalue weighted by Crippen LogP contribution is 2.40. The minimum absolute atomic E-state index is 0.0495. The Bertz CT molecular complexity index is 1380. The summed E-state index contributed by atoms with van der Waals surface area (Å²) in [5.74, 6) is -1.69. The van der Waals surface area contributed by atoms with E-state index in [2.05, 4.69) is 15.3 Å². The van der Waals surface area contributed by atoms with Crippen LogP contribution in [0.25, 0.3) is 11.1 Å². The van der Waals surface area contributed by atoms with Gasteiger partial charge in [0.2, 0.25) is 0 Å². The number of carboxylic acid groups (broad SMARTS) is 1. The second-order valence-electron chi connectivity index (χ2n) is 7.99. The number of aromatic carboxylic acids is 1. The Hall–Kier alpha value is -4.04. The molecular formula is C25H21ClN4O4. The fourth-order valence-corrected chi connectivity index (χ4v) is 3.76. The van der Waals surface area contributed by atoms with Crippen LogP contribution >= 0.6 is 11.6 Å². The summed E-state index contributed by atoms with van der Waals surface area (Å²) in [5.41, 5.74) is 4.10. The number of halogens is 1. The minimum atomic E-state index is -1.09. The molecule has 1 heterocycles. The molecule has 0 spiro atoms. The topological polar surface area (TPSA) is 115 Å². The number of phenols is 1. The van der Waals surface area contributed by atoms with Gasteiger partial charge in [-0.15, -0.1) is 0 Å². The third-order valence-electron chi connectivity index (χ3n) is 5.59. The summed E-state index contributed by atoms with van der Waals surface area (Å²) in [5, 5.41) is 34.2. The first kappa shape index (κ1) is 23.1. The number of hydrazone groups is 1. The zero-order valence-electron chi connectivity index (χ0n) is 18.7. The molecular weight excluding hydrogens is 456 g/mol. The Morgan fingerprint density at radius 2 is 1.82 bits per heavy atom. The molecule has 34 heavy (non-hydrogen) atoms. The number of hydrogen-bond donors (Lipinski definition) is 2. The number of phenolic OH excluding ortho intramolecular Hbond substituents is 1. The molecule has 2 N–H and O–H groups in total. The second-order valence-corrected chi connectivity index (χ2v) is 8.42. The van der Waals surface area contributed by atoms with Crippen LogP contribution in [0.2, 0.25) is 5.02 Å². The summed E-state index contributed by atoms with van der Waals surface area (Å²) in [6.45, 7) is 5.63. The van der Waals surface area contributed by atoms with Crippen molar-refractivity contribution in [1.82, 2.24) is 0 Å². The van der Waals surface area contributed by atoms with Crippen molar-refractivity contribution in [2.45, 2.75) is 26.8 Å². The molecule has 0 aliphatic carbocycles. The number of carbonyl (C=O) groups is 2. The highest BCUT2D eigenvalue weighted by molar-refractivity contribution is 6.31. The SMILES string of the molecule is CC1=NN(c2ccc(C)c(C)c2)C(=O)C1N=Nc1cc(Cl)cc(-c2cccc(C(=O)O)c2)c1O. The lowest BCUT2D eigenvalue weighted by Crippen LogP contribution is -2.29. The summed E-state index contributed by atoms with van der Waals surface area (Å²) in [6.07, 6.45) is 0. The maximum Gasteiger partial charge on any atom is 0.335 e. The average Bonchev–Trinajstić information content (AvgIpc) is 3.09. The highest BCUT2D eigenvalue weighted by Gasteiger charge is 2.35. The number of anilines is 1. The van der Waals surface area contributed by atoms with Crippen molar-refractivity contribution in [3.63, 3.8) is 0 Å². The fourth-order valence-electron chi connectivity index (χ4n) is 3.55.